The summed E-state index contributed by atoms with van der Waals surface area (Å²) in [5.41, 5.74) is 1.71. The fourth-order valence-electron chi connectivity index (χ4n) is 3.86. The molecule has 0 bridgehead atoms. The Morgan fingerprint density at radius 1 is 1.11 bits per heavy atom. The van der Waals surface area contributed by atoms with Crippen molar-refractivity contribution in [2.24, 2.45) is 10.9 Å². The molecule has 0 amide bonds. The summed E-state index contributed by atoms with van der Waals surface area (Å²) in [6.45, 7) is 13.1. The molecule has 1 aromatic carbocycles. The average Bonchev–Trinajstić information content (AvgIpc) is 3.48. The molecule has 2 N–H and O–H groups in total. The number of benzene rings is 1. The number of hydrogen-bond acceptors (Lipinski definition) is 3. The second kappa shape index (κ2) is 11.4. The first-order chi connectivity index (χ1) is 13.1. The van der Waals surface area contributed by atoms with E-state index in [9.17, 15) is 0 Å². The van der Waals surface area contributed by atoms with Crippen LogP contribution >= 0.6 is 24.0 Å². The molecular formula is C22H38IN5. The summed E-state index contributed by atoms with van der Waals surface area (Å²) in [4.78, 5) is 9.93. The third-order valence-electron chi connectivity index (χ3n) is 5.91. The van der Waals surface area contributed by atoms with Gasteiger partial charge in [-0.3, -0.25) is 4.99 Å². The lowest BCUT2D eigenvalue weighted by atomic mass is 9.96. The normalized spacial score (nSPS) is 20.9. The van der Waals surface area contributed by atoms with Crippen LogP contribution in [0.4, 0.5) is 0 Å². The molecule has 1 heterocycles. The standard InChI is InChI=1S/C22H37N5.HI/c1-4-23-21(24-16-19(2)17-27-14-12-26(3)13-15-27)25-18-22(10-11-22)20-8-6-5-7-9-20;/h5-9,19H,4,10-18H2,1-3H3,(H2,23,24,25);1H. The zero-order chi connectivity index (χ0) is 19.1. The van der Waals surface area contributed by atoms with Crippen molar-refractivity contribution in [1.29, 1.82) is 0 Å². The van der Waals surface area contributed by atoms with Crippen molar-refractivity contribution in [2.75, 3.05) is 59.4 Å². The van der Waals surface area contributed by atoms with E-state index in [1.54, 1.807) is 0 Å². The highest BCUT2D eigenvalue weighted by molar-refractivity contribution is 14.0. The van der Waals surface area contributed by atoms with Crippen molar-refractivity contribution in [3.63, 3.8) is 0 Å². The lowest BCUT2D eigenvalue weighted by Crippen LogP contribution is -2.47. The minimum absolute atomic E-state index is 0. The number of nitrogens with zero attached hydrogens (tertiary/aromatic N) is 3. The Morgan fingerprint density at radius 3 is 2.39 bits per heavy atom. The maximum absolute atomic E-state index is 4.93. The van der Waals surface area contributed by atoms with Crippen LogP contribution in [0.5, 0.6) is 0 Å². The summed E-state index contributed by atoms with van der Waals surface area (Å²) in [6, 6.07) is 10.9. The van der Waals surface area contributed by atoms with Crippen LogP contribution < -0.4 is 10.6 Å². The zero-order valence-electron chi connectivity index (χ0n) is 17.8. The van der Waals surface area contributed by atoms with Crippen LogP contribution in [0.3, 0.4) is 0 Å². The SMILES string of the molecule is CCNC(=NCC1(c2ccccc2)CC1)NCC(C)CN1CCN(C)CC1.I. The molecule has 0 radical (unpaired) electrons. The van der Waals surface area contributed by atoms with Gasteiger partial charge in [-0.1, -0.05) is 37.3 Å². The predicted molar refractivity (Wildman–Crippen MR) is 130 cm³/mol. The first-order valence-corrected chi connectivity index (χ1v) is 10.6. The van der Waals surface area contributed by atoms with Crippen LogP contribution in [-0.2, 0) is 5.41 Å². The van der Waals surface area contributed by atoms with E-state index in [0.717, 1.165) is 32.1 Å². The summed E-state index contributed by atoms with van der Waals surface area (Å²) < 4.78 is 0. The Kier molecular flexibility index (Phi) is 9.50. The van der Waals surface area contributed by atoms with E-state index in [4.69, 9.17) is 4.99 Å². The molecule has 2 fully saturated rings. The quantitative estimate of drug-likeness (QED) is 0.328. The van der Waals surface area contributed by atoms with E-state index in [1.165, 1.54) is 44.6 Å². The Bertz CT molecular complexity index is 594. The van der Waals surface area contributed by atoms with Gasteiger partial charge in [0, 0.05) is 51.2 Å². The number of halogens is 1. The zero-order valence-corrected chi connectivity index (χ0v) is 20.1. The Morgan fingerprint density at radius 2 is 1.79 bits per heavy atom. The molecule has 3 rings (SSSR count). The van der Waals surface area contributed by atoms with Crippen molar-refractivity contribution in [3.8, 4) is 0 Å². The number of piperazine rings is 1. The Labute approximate surface area is 188 Å². The van der Waals surface area contributed by atoms with Gasteiger partial charge in [0.15, 0.2) is 5.96 Å². The molecule has 5 nitrogen and oxygen atoms in total. The largest absolute Gasteiger partial charge is 0.357 e. The second-order valence-electron chi connectivity index (χ2n) is 8.43. The maximum atomic E-state index is 4.93. The molecule has 1 atom stereocenters. The molecule has 1 unspecified atom stereocenters. The van der Waals surface area contributed by atoms with Crippen molar-refractivity contribution in [3.05, 3.63) is 35.9 Å². The molecule has 158 valence electrons. The molecule has 1 aliphatic carbocycles. The lowest BCUT2D eigenvalue weighted by Gasteiger charge is -2.34. The average molecular weight is 499 g/mol. The molecule has 28 heavy (non-hydrogen) atoms. The maximum Gasteiger partial charge on any atom is 0.191 e. The fourth-order valence-corrected chi connectivity index (χ4v) is 3.86. The fraction of sp³-hybridized carbons (Fsp3) is 0.682. The first kappa shape index (κ1) is 23.4. The van der Waals surface area contributed by atoms with Gasteiger partial charge in [-0.05, 0) is 38.3 Å². The van der Waals surface area contributed by atoms with Crippen LogP contribution in [0.1, 0.15) is 32.3 Å². The number of hydrogen-bond donors (Lipinski definition) is 2. The van der Waals surface area contributed by atoms with Gasteiger partial charge < -0.3 is 20.4 Å². The highest BCUT2D eigenvalue weighted by atomic mass is 127. The molecule has 1 saturated heterocycles. The van der Waals surface area contributed by atoms with Crippen LogP contribution in [-0.4, -0.2) is 75.2 Å². The molecular weight excluding hydrogens is 461 g/mol. The summed E-state index contributed by atoms with van der Waals surface area (Å²) in [7, 11) is 2.21. The van der Waals surface area contributed by atoms with Gasteiger partial charge in [0.25, 0.3) is 0 Å². The van der Waals surface area contributed by atoms with E-state index in [-0.39, 0.29) is 29.4 Å². The summed E-state index contributed by atoms with van der Waals surface area (Å²) in [5, 5.41) is 6.99. The van der Waals surface area contributed by atoms with Gasteiger partial charge in [0.1, 0.15) is 0 Å². The highest BCUT2D eigenvalue weighted by Gasteiger charge is 2.43. The highest BCUT2D eigenvalue weighted by Crippen LogP contribution is 2.48. The summed E-state index contributed by atoms with van der Waals surface area (Å²) >= 11 is 0. The van der Waals surface area contributed by atoms with Gasteiger partial charge >= 0.3 is 0 Å². The smallest absolute Gasteiger partial charge is 0.191 e. The minimum atomic E-state index is 0. The van der Waals surface area contributed by atoms with Crippen molar-refractivity contribution >= 4 is 29.9 Å². The first-order valence-electron chi connectivity index (χ1n) is 10.6. The third-order valence-corrected chi connectivity index (χ3v) is 5.91. The number of nitrogens with one attached hydrogen (secondary N) is 2. The van der Waals surface area contributed by atoms with Crippen molar-refractivity contribution < 1.29 is 0 Å². The van der Waals surface area contributed by atoms with E-state index >= 15 is 0 Å². The number of aliphatic imine (C=N–C) groups is 1. The Hall–Kier alpha value is -0.860. The van der Waals surface area contributed by atoms with E-state index < -0.39 is 0 Å². The lowest BCUT2D eigenvalue weighted by molar-refractivity contribution is 0.139. The molecule has 0 aromatic heterocycles. The van der Waals surface area contributed by atoms with E-state index in [1.807, 2.05) is 0 Å². The van der Waals surface area contributed by atoms with Crippen LogP contribution in [0.25, 0.3) is 0 Å². The molecule has 6 heteroatoms. The third kappa shape index (κ3) is 6.88. The summed E-state index contributed by atoms with van der Waals surface area (Å²) in [6.07, 6.45) is 2.50. The molecule has 1 aliphatic heterocycles. The molecule has 1 aromatic rings. The van der Waals surface area contributed by atoms with Crippen LogP contribution in [0.15, 0.2) is 35.3 Å². The van der Waals surface area contributed by atoms with Gasteiger partial charge in [-0.25, -0.2) is 0 Å². The minimum Gasteiger partial charge on any atom is -0.357 e. The van der Waals surface area contributed by atoms with Gasteiger partial charge in [-0.2, -0.15) is 0 Å². The molecule has 1 saturated carbocycles. The van der Waals surface area contributed by atoms with Crippen LogP contribution in [0.2, 0.25) is 0 Å². The van der Waals surface area contributed by atoms with E-state index in [2.05, 4.69) is 71.7 Å². The van der Waals surface area contributed by atoms with Gasteiger partial charge in [0.05, 0.1) is 6.54 Å². The second-order valence-corrected chi connectivity index (χ2v) is 8.43. The number of likely N-dealkylation sites (N-methyl/N-ethyl adjacent to an activating group) is 1. The number of rotatable bonds is 8. The van der Waals surface area contributed by atoms with Crippen molar-refractivity contribution in [2.45, 2.75) is 32.1 Å². The Balaban J connectivity index is 0.00000280. The molecule has 2 aliphatic rings. The predicted octanol–water partition coefficient (Wildman–Crippen LogP) is 2.77. The molecule has 0 spiro atoms. The monoisotopic (exact) mass is 499 g/mol. The van der Waals surface area contributed by atoms with Crippen LogP contribution in [0, 0.1) is 5.92 Å². The number of guanidine groups is 1. The summed E-state index contributed by atoms with van der Waals surface area (Å²) in [5.74, 6) is 1.58. The van der Waals surface area contributed by atoms with E-state index in [0.29, 0.717) is 5.92 Å². The van der Waals surface area contributed by atoms with Gasteiger partial charge in [-0.15, -0.1) is 24.0 Å². The van der Waals surface area contributed by atoms with Crippen molar-refractivity contribution in [1.82, 2.24) is 20.4 Å². The topological polar surface area (TPSA) is 42.9 Å². The van der Waals surface area contributed by atoms with Gasteiger partial charge in [0.2, 0.25) is 0 Å².